The van der Waals surface area contributed by atoms with Gasteiger partial charge < -0.3 is 25.5 Å². The summed E-state index contributed by atoms with van der Waals surface area (Å²) < 4.78 is 0. The van der Waals surface area contributed by atoms with Crippen molar-refractivity contribution in [1.82, 2.24) is 10.2 Å². The maximum atomic E-state index is 12.7. The first-order valence-electron chi connectivity index (χ1n) is 9.34. The zero-order valence-corrected chi connectivity index (χ0v) is 16.4. The molecule has 0 saturated heterocycles. The highest BCUT2D eigenvalue weighted by molar-refractivity contribution is 5.88. The van der Waals surface area contributed by atoms with Crippen LogP contribution in [0.25, 0.3) is 10.8 Å². The van der Waals surface area contributed by atoms with E-state index in [9.17, 15) is 24.6 Å². The van der Waals surface area contributed by atoms with Crippen molar-refractivity contribution in [2.75, 3.05) is 13.1 Å². The lowest BCUT2D eigenvalue weighted by Gasteiger charge is -2.27. The van der Waals surface area contributed by atoms with E-state index in [0.717, 1.165) is 21.2 Å². The van der Waals surface area contributed by atoms with Crippen LogP contribution in [-0.4, -0.2) is 63.4 Å². The molecule has 0 aliphatic carbocycles. The van der Waals surface area contributed by atoms with Gasteiger partial charge in [-0.25, -0.2) is 14.4 Å². The van der Waals surface area contributed by atoms with Crippen LogP contribution in [0.4, 0.5) is 4.79 Å². The van der Waals surface area contributed by atoms with E-state index in [0.29, 0.717) is 0 Å². The van der Waals surface area contributed by atoms with E-state index >= 15 is 0 Å². The van der Waals surface area contributed by atoms with Gasteiger partial charge in [-0.05, 0) is 22.3 Å². The second kappa shape index (κ2) is 9.88. The second-order valence-corrected chi connectivity index (χ2v) is 7.34. The normalized spacial score (nSPS) is 13.1. The molecular formula is C21H26N2O6. The Morgan fingerprint density at radius 1 is 0.966 bits per heavy atom. The number of fused-ring (bicyclic) bond motifs is 1. The third kappa shape index (κ3) is 6.18. The summed E-state index contributed by atoms with van der Waals surface area (Å²) in [5, 5.41) is 32.5. The van der Waals surface area contributed by atoms with E-state index in [1.807, 2.05) is 56.3 Å². The van der Waals surface area contributed by atoms with Crippen molar-refractivity contribution in [2.24, 2.45) is 5.92 Å². The van der Waals surface area contributed by atoms with Gasteiger partial charge in [0.15, 0.2) is 6.10 Å². The Hall–Kier alpha value is -3.13. The third-order valence-electron chi connectivity index (χ3n) is 4.45. The lowest BCUT2D eigenvalue weighted by Crippen LogP contribution is -2.52. The van der Waals surface area contributed by atoms with Gasteiger partial charge in [0.05, 0.1) is 6.54 Å². The molecule has 0 bridgehead atoms. The van der Waals surface area contributed by atoms with Gasteiger partial charge >= 0.3 is 18.0 Å². The van der Waals surface area contributed by atoms with Crippen LogP contribution in [0.3, 0.4) is 0 Å². The number of carboxylic acids is 2. The van der Waals surface area contributed by atoms with Crippen molar-refractivity contribution in [3.63, 3.8) is 0 Å². The molecule has 0 unspecified atom stereocenters. The molecule has 2 aromatic carbocycles. The molecule has 2 amide bonds. The Bertz CT molecular complexity index is 877. The average Bonchev–Trinajstić information content (AvgIpc) is 2.66. The summed E-state index contributed by atoms with van der Waals surface area (Å²) in [6.07, 6.45) is -1.68. The Balaban J connectivity index is 2.20. The molecule has 8 heteroatoms. The van der Waals surface area contributed by atoms with Gasteiger partial charge in [0.25, 0.3) is 0 Å². The number of aliphatic hydroxyl groups is 1. The van der Waals surface area contributed by atoms with E-state index in [2.05, 4.69) is 5.32 Å². The zero-order chi connectivity index (χ0) is 21.6. The predicted molar refractivity (Wildman–Crippen MR) is 108 cm³/mol. The molecule has 2 aromatic rings. The maximum Gasteiger partial charge on any atom is 0.334 e. The lowest BCUT2D eigenvalue weighted by atomic mass is 9.99. The smallest absolute Gasteiger partial charge is 0.334 e. The van der Waals surface area contributed by atoms with Gasteiger partial charge in [-0.2, -0.15) is 0 Å². The molecule has 0 saturated carbocycles. The fraction of sp³-hybridized carbons (Fsp3) is 0.381. The third-order valence-corrected chi connectivity index (χ3v) is 4.45. The average molecular weight is 402 g/mol. The number of aliphatic hydroxyl groups excluding tert-OH is 1. The first kappa shape index (κ1) is 22.2. The number of urea groups is 1. The highest BCUT2D eigenvalue weighted by Crippen LogP contribution is 2.20. The minimum absolute atomic E-state index is 0.00286. The van der Waals surface area contributed by atoms with E-state index in [4.69, 9.17) is 5.11 Å². The van der Waals surface area contributed by atoms with Crippen LogP contribution in [0, 0.1) is 5.92 Å². The largest absolute Gasteiger partial charge is 0.480 e. The molecule has 29 heavy (non-hydrogen) atoms. The summed E-state index contributed by atoms with van der Waals surface area (Å²) in [6, 6.07) is 11.2. The zero-order valence-electron chi connectivity index (χ0n) is 16.4. The number of hydrogen-bond donors (Lipinski definition) is 4. The van der Waals surface area contributed by atoms with E-state index in [1.165, 1.54) is 0 Å². The number of amides is 2. The van der Waals surface area contributed by atoms with Crippen molar-refractivity contribution in [1.29, 1.82) is 0 Å². The Morgan fingerprint density at radius 2 is 1.62 bits per heavy atom. The fourth-order valence-electron chi connectivity index (χ4n) is 3.10. The second-order valence-electron chi connectivity index (χ2n) is 7.34. The van der Waals surface area contributed by atoms with E-state index < -0.39 is 36.7 Å². The number of carbonyl (C=O) groups is 3. The summed E-state index contributed by atoms with van der Waals surface area (Å²) in [6.45, 7) is 3.41. The molecule has 2 rings (SSSR count). The van der Waals surface area contributed by atoms with E-state index in [1.54, 1.807) is 0 Å². The van der Waals surface area contributed by atoms with Crippen LogP contribution in [0.1, 0.15) is 19.4 Å². The van der Waals surface area contributed by atoms with Crippen LogP contribution in [0.15, 0.2) is 42.5 Å². The number of rotatable bonds is 9. The lowest BCUT2D eigenvalue weighted by molar-refractivity contribution is -0.147. The molecule has 0 fully saturated rings. The number of nitrogens with zero attached hydrogens (tertiary/aromatic N) is 1. The predicted octanol–water partition coefficient (Wildman–Crippen LogP) is 1.95. The number of hydrogen-bond acceptors (Lipinski definition) is 4. The SMILES string of the molecule is CC(C)CN(C[C@H](O)C(=O)O)C(=O)N[C@@H](Cc1cccc2ccccc12)C(=O)O. The van der Waals surface area contributed by atoms with Crippen LogP contribution < -0.4 is 5.32 Å². The van der Waals surface area contributed by atoms with Gasteiger partial charge in [-0.15, -0.1) is 0 Å². The maximum absolute atomic E-state index is 12.7. The minimum Gasteiger partial charge on any atom is -0.480 e. The van der Waals surface area contributed by atoms with Gasteiger partial charge in [-0.1, -0.05) is 56.3 Å². The number of carboxylic acid groups (broad SMARTS) is 2. The van der Waals surface area contributed by atoms with Crippen molar-refractivity contribution in [3.05, 3.63) is 48.0 Å². The molecular weight excluding hydrogens is 376 g/mol. The Kier molecular flexibility index (Phi) is 7.55. The van der Waals surface area contributed by atoms with Crippen LogP contribution in [0.2, 0.25) is 0 Å². The topological polar surface area (TPSA) is 127 Å². The minimum atomic E-state index is -1.75. The van der Waals surface area contributed by atoms with Crippen molar-refractivity contribution in [2.45, 2.75) is 32.4 Å². The van der Waals surface area contributed by atoms with Crippen molar-refractivity contribution >= 4 is 28.7 Å². The van der Waals surface area contributed by atoms with Crippen molar-refractivity contribution in [3.8, 4) is 0 Å². The standard InChI is InChI=1S/C21H26N2O6/c1-13(2)11-23(12-18(24)20(27)28)21(29)22-17(19(25)26)10-15-8-5-7-14-6-3-4-9-16(14)15/h3-9,13,17-18,24H,10-12H2,1-2H3,(H,22,29)(H,25,26)(H,27,28)/t17-,18-/m0/s1. The highest BCUT2D eigenvalue weighted by atomic mass is 16.4. The Labute approximate surface area is 168 Å². The molecule has 2 atom stereocenters. The molecule has 0 spiro atoms. The number of nitrogens with one attached hydrogen (secondary N) is 1. The Morgan fingerprint density at radius 3 is 2.24 bits per heavy atom. The number of benzene rings is 2. The summed E-state index contributed by atoms with van der Waals surface area (Å²) >= 11 is 0. The molecule has 4 N–H and O–H groups in total. The number of aliphatic carboxylic acids is 2. The first-order valence-corrected chi connectivity index (χ1v) is 9.34. The van der Waals surface area contributed by atoms with Gasteiger partial charge in [-0.3, -0.25) is 0 Å². The fourth-order valence-corrected chi connectivity index (χ4v) is 3.10. The quantitative estimate of drug-likeness (QED) is 0.508. The summed E-state index contributed by atoms with van der Waals surface area (Å²) in [5.74, 6) is -2.64. The molecule has 156 valence electrons. The monoisotopic (exact) mass is 402 g/mol. The molecule has 0 aliphatic heterocycles. The van der Waals surface area contributed by atoms with Gasteiger partial charge in [0.2, 0.25) is 0 Å². The summed E-state index contributed by atoms with van der Waals surface area (Å²) in [7, 11) is 0. The summed E-state index contributed by atoms with van der Waals surface area (Å²) in [4.78, 5) is 36.5. The molecule has 0 radical (unpaired) electrons. The van der Waals surface area contributed by atoms with Crippen LogP contribution in [0.5, 0.6) is 0 Å². The molecule has 0 aromatic heterocycles. The van der Waals surface area contributed by atoms with E-state index in [-0.39, 0.29) is 18.9 Å². The highest BCUT2D eigenvalue weighted by Gasteiger charge is 2.27. The van der Waals surface area contributed by atoms with Crippen molar-refractivity contribution < 1.29 is 29.7 Å². The molecule has 8 nitrogen and oxygen atoms in total. The van der Waals surface area contributed by atoms with Crippen LogP contribution in [-0.2, 0) is 16.0 Å². The number of carbonyl (C=O) groups excluding carboxylic acids is 1. The van der Waals surface area contributed by atoms with Gasteiger partial charge in [0, 0.05) is 13.0 Å². The van der Waals surface area contributed by atoms with Crippen LogP contribution >= 0.6 is 0 Å². The molecule has 0 heterocycles. The summed E-state index contributed by atoms with van der Waals surface area (Å²) in [5.41, 5.74) is 0.775. The first-order chi connectivity index (χ1) is 13.7. The molecule has 0 aliphatic rings. The van der Waals surface area contributed by atoms with Gasteiger partial charge in [0.1, 0.15) is 6.04 Å².